The molecule has 3 saturated heterocycles. The number of phenols is 1. The summed E-state index contributed by atoms with van der Waals surface area (Å²) in [6, 6.07) is 17.9. The van der Waals surface area contributed by atoms with Gasteiger partial charge >= 0.3 is 0 Å². The van der Waals surface area contributed by atoms with Crippen LogP contribution in [0.25, 0.3) is 39.4 Å². The molecule has 3 aliphatic heterocycles. The highest BCUT2D eigenvalue weighted by atomic mass is 16.5. The number of nitrogens with one attached hydrogen (secondary N) is 1. The Morgan fingerprint density at radius 2 is 1.63 bits per heavy atom. The Balaban J connectivity index is 0.606. The number of nitrogen functional groups attached to an aromatic ring is 1. The fourth-order valence-electron chi connectivity index (χ4n) is 11.8. The van der Waals surface area contributed by atoms with E-state index >= 15 is 0 Å². The molecular weight excluding hydrogens is 951 g/mol. The van der Waals surface area contributed by atoms with Crippen molar-refractivity contribution in [1.82, 2.24) is 54.2 Å². The number of aliphatic hydroxyl groups excluding tert-OH is 1. The smallest absolute Gasteiger partial charge is 0.243 e. The quantitative estimate of drug-likeness (QED) is 0.0792. The van der Waals surface area contributed by atoms with E-state index in [1.54, 1.807) is 18.3 Å². The molecule has 5 aromatic heterocycles. The normalized spacial score (nSPS) is 21.7. The number of benzene rings is 2. The zero-order valence-corrected chi connectivity index (χ0v) is 43.3. The number of anilines is 2. The molecule has 1 saturated carbocycles. The maximum Gasteiger partial charge on any atom is 0.243 e. The lowest BCUT2D eigenvalue weighted by molar-refractivity contribution is -0.141. The van der Waals surface area contributed by atoms with Gasteiger partial charge in [-0.1, -0.05) is 55.4 Å². The summed E-state index contributed by atoms with van der Waals surface area (Å²) in [5, 5.41) is 37.6. The second-order valence-corrected chi connectivity index (χ2v) is 21.8. The number of aromatic nitrogens is 8. The Morgan fingerprint density at radius 3 is 2.36 bits per heavy atom. The average molecular weight is 1020 g/mol. The van der Waals surface area contributed by atoms with Crippen molar-refractivity contribution in [3.8, 4) is 39.4 Å². The first-order valence-corrected chi connectivity index (χ1v) is 26.7. The Hall–Kier alpha value is -7.09. The highest BCUT2D eigenvalue weighted by Crippen LogP contribution is 2.37. The van der Waals surface area contributed by atoms with Crippen LogP contribution in [0.2, 0.25) is 0 Å². The number of nitrogens with two attached hydrogens (primary N) is 1. The number of imidazole rings is 1. The molecule has 2 amide bonds. The molecule has 75 heavy (non-hydrogen) atoms. The van der Waals surface area contributed by atoms with Gasteiger partial charge in [-0.05, 0) is 92.5 Å². The van der Waals surface area contributed by atoms with Crippen LogP contribution in [0.3, 0.4) is 0 Å². The van der Waals surface area contributed by atoms with Crippen molar-refractivity contribution in [3.05, 3.63) is 103 Å². The molecule has 5 N–H and O–H groups in total. The van der Waals surface area contributed by atoms with Crippen LogP contribution >= 0.6 is 0 Å². The number of para-hydroxylation sites is 1. The van der Waals surface area contributed by atoms with Gasteiger partial charge in [-0.3, -0.25) is 23.4 Å². The number of piperidine rings is 2. The fraction of sp³-hybridized carbons (Fsp3) is 0.482. The van der Waals surface area contributed by atoms with Crippen LogP contribution in [-0.2, 0) is 27.9 Å². The molecule has 19 heteroatoms. The van der Waals surface area contributed by atoms with Crippen molar-refractivity contribution in [2.45, 2.75) is 109 Å². The number of hydrogen-bond donors (Lipinski definition) is 4. The van der Waals surface area contributed by atoms with Gasteiger partial charge in [0.2, 0.25) is 17.6 Å². The third-order valence-electron chi connectivity index (χ3n) is 16.1. The molecule has 4 fully saturated rings. The largest absolute Gasteiger partial charge is 0.507 e. The first kappa shape index (κ1) is 50.1. The number of hydrogen-bond acceptors (Lipinski definition) is 14. The highest BCUT2D eigenvalue weighted by Gasteiger charge is 2.44. The van der Waals surface area contributed by atoms with Gasteiger partial charge in [0.05, 0.1) is 41.9 Å². The van der Waals surface area contributed by atoms with Crippen molar-refractivity contribution >= 4 is 29.2 Å². The Bertz CT molecular complexity index is 3100. The first-order chi connectivity index (χ1) is 36.3. The zero-order chi connectivity index (χ0) is 51.9. The SMILES string of the molecule is CC(C)[C@@H](C(=O)N1C[C@H](O)C[C@H]1C(=O)N[C@@H](C)c1ccc(-c2ccnn2C)cc1)c1cc(N2CCC(CN3CCC(OC4CC(Cn5cc(-c6cn7cc(-c8ccccc8O)nc7nc6N)cn5)C4)CC3)CC2)no1. The Kier molecular flexibility index (Phi) is 14.2. The van der Waals surface area contributed by atoms with Gasteiger partial charge in [0.1, 0.15) is 23.5 Å². The first-order valence-electron chi connectivity index (χ1n) is 26.7. The number of amides is 2. The van der Waals surface area contributed by atoms with Crippen LogP contribution in [0.4, 0.5) is 11.6 Å². The minimum absolute atomic E-state index is 0.0823. The number of carbonyl (C=O) groups excluding carboxylic acids is 2. The standard InChI is InChI=1S/C56H69N13O6/c1-34(2)52(55(73)69-31-41(70)25-48(69)54(72)60-35(3)38-9-11-39(12-10-38)47-13-18-58-64(47)4)50-26-51(63-75-50)66-21-14-36(15-22-66)28-65-19-16-42(17-20-65)74-43-23-37(24-43)29-68-30-40(27-59-68)45-32-67-33-46(61-56(67)62-53(45)57)44-7-5-6-8-49(44)71/h5-13,18,26-27,30,32-37,41-43,48,52,70-71H,14-17,19-25,28-29,31H2,1-4H3,(H,60,72)(H2,57,61,62)/t35-,37?,41+,43?,48-,52+/m0/s1. The maximum atomic E-state index is 14.4. The number of carbonyl (C=O) groups is 2. The zero-order valence-electron chi connectivity index (χ0n) is 43.3. The molecule has 4 aliphatic rings. The molecule has 394 valence electrons. The van der Waals surface area contributed by atoms with Gasteiger partial charge < -0.3 is 45.2 Å². The van der Waals surface area contributed by atoms with Crippen LogP contribution in [0.1, 0.15) is 89.0 Å². The van der Waals surface area contributed by atoms with Gasteiger partial charge in [-0.25, -0.2) is 4.98 Å². The van der Waals surface area contributed by atoms with Gasteiger partial charge in [0.15, 0.2) is 11.6 Å². The van der Waals surface area contributed by atoms with Gasteiger partial charge in [-0.2, -0.15) is 15.2 Å². The third-order valence-corrected chi connectivity index (χ3v) is 16.1. The van der Waals surface area contributed by atoms with Gasteiger partial charge in [0.25, 0.3) is 0 Å². The summed E-state index contributed by atoms with van der Waals surface area (Å²) in [7, 11) is 1.90. The van der Waals surface area contributed by atoms with E-state index in [9.17, 15) is 19.8 Å². The summed E-state index contributed by atoms with van der Waals surface area (Å²) in [6.07, 6.45) is 15.6. The molecule has 7 aromatic rings. The number of aromatic hydroxyl groups is 1. The lowest BCUT2D eigenvalue weighted by atomic mass is 9.82. The maximum absolute atomic E-state index is 14.4. The summed E-state index contributed by atoms with van der Waals surface area (Å²) >= 11 is 0. The van der Waals surface area contributed by atoms with Gasteiger partial charge in [0, 0.05) is 107 Å². The van der Waals surface area contributed by atoms with E-state index in [0.717, 1.165) is 112 Å². The van der Waals surface area contributed by atoms with Gasteiger partial charge in [-0.15, -0.1) is 0 Å². The lowest BCUT2D eigenvalue weighted by Gasteiger charge is -2.41. The van der Waals surface area contributed by atoms with Crippen LogP contribution in [0, 0.1) is 17.8 Å². The molecule has 1 aliphatic carbocycles. The number of likely N-dealkylation sites (tertiary alicyclic amines) is 2. The summed E-state index contributed by atoms with van der Waals surface area (Å²) < 4.78 is 18.2. The predicted octanol–water partition coefficient (Wildman–Crippen LogP) is 6.69. The molecule has 4 atom stereocenters. The van der Waals surface area contributed by atoms with Crippen LogP contribution in [-0.4, -0.2) is 135 Å². The van der Waals surface area contributed by atoms with E-state index in [4.69, 9.17) is 15.0 Å². The second kappa shape index (κ2) is 21.3. The van der Waals surface area contributed by atoms with Crippen molar-refractivity contribution in [3.63, 3.8) is 0 Å². The van der Waals surface area contributed by atoms with E-state index in [1.807, 2.05) is 115 Å². The molecule has 0 radical (unpaired) electrons. The van der Waals surface area contributed by atoms with Crippen LogP contribution in [0.15, 0.2) is 96.2 Å². The van der Waals surface area contributed by atoms with Crippen molar-refractivity contribution in [1.29, 1.82) is 0 Å². The minimum Gasteiger partial charge on any atom is -0.507 e. The monoisotopic (exact) mass is 1020 g/mol. The summed E-state index contributed by atoms with van der Waals surface area (Å²) in [6.45, 7) is 11.7. The molecule has 0 bridgehead atoms. The lowest BCUT2D eigenvalue weighted by Crippen LogP contribution is -2.48. The van der Waals surface area contributed by atoms with Crippen LogP contribution < -0.4 is 16.0 Å². The van der Waals surface area contributed by atoms with Crippen molar-refractivity contribution < 1.29 is 29.1 Å². The molecular formula is C56H69N13O6. The predicted molar refractivity (Wildman–Crippen MR) is 283 cm³/mol. The summed E-state index contributed by atoms with van der Waals surface area (Å²) in [5.74, 6) is 2.01. The van der Waals surface area contributed by atoms with E-state index < -0.39 is 18.1 Å². The highest BCUT2D eigenvalue weighted by molar-refractivity contribution is 5.91. The molecule has 0 unspecified atom stereocenters. The molecule has 8 heterocycles. The fourth-order valence-corrected chi connectivity index (χ4v) is 11.8. The number of rotatable bonds is 16. The Labute approximate surface area is 436 Å². The number of aliphatic hydroxyl groups is 1. The molecule has 19 nitrogen and oxygen atoms in total. The summed E-state index contributed by atoms with van der Waals surface area (Å²) in [5.41, 5.74) is 12.3. The number of β-amino-alcohol motifs (C(OH)–C–C–N with tert-alkyl or cyclic N) is 1. The number of phenolic OH excluding ortho intramolecular Hbond substituents is 1. The molecule has 2 aromatic carbocycles. The minimum atomic E-state index is -0.804. The average Bonchev–Trinajstić information content (AvgIpc) is 4.27. The number of fused-ring (bicyclic) bond motifs is 1. The third kappa shape index (κ3) is 10.8. The van der Waals surface area contributed by atoms with E-state index in [0.29, 0.717) is 46.6 Å². The topological polar surface area (TPSA) is 223 Å². The van der Waals surface area contributed by atoms with E-state index in [2.05, 4.69) is 40.4 Å². The van der Waals surface area contributed by atoms with E-state index in [-0.39, 0.29) is 48.6 Å². The Morgan fingerprint density at radius 1 is 0.853 bits per heavy atom. The number of nitrogens with zero attached hydrogens (tertiary/aromatic N) is 11. The molecule has 0 spiro atoms. The van der Waals surface area contributed by atoms with E-state index in [1.165, 1.54) is 4.90 Å². The number of aryl methyl sites for hydroxylation is 1. The van der Waals surface area contributed by atoms with Crippen LogP contribution in [0.5, 0.6) is 5.75 Å². The number of ether oxygens (including phenoxy) is 1. The molecule has 11 rings (SSSR count). The van der Waals surface area contributed by atoms with Crippen molar-refractivity contribution in [2.24, 2.45) is 24.8 Å². The second-order valence-electron chi connectivity index (χ2n) is 21.8. The van der Waals surface area contributed by atoms with Crippen molar-refractivity contribution in [2.75, 3.05) is 49.9 Å². The summed E-state index contributed by atoms with van der Waals surface area (Å²) in [4.78, 5) is 43.7.